The van der Waals surface area contributed by atoms with E-state index in [1.54, 1.807) is 0 Å². The first kappa shape index (κ1) is 13.1. The predicted octanol–water partition coefficient (Wildman–Crippen LogP) is 1.91. The molecule has 0 amide bonds. The number of thiol groups is 1. The van der Waals surface area contributed by atoms with E-state index in [9.17, 15) is 0 Å². The summed E-state index contributed by atoms with van der Waals surface area (Å²) in [5, 5.41) is 0. The maximum absolute atomic E-state index is 5.92. The van der Waals surface area contributed by atoms with E-state index in [-0.39, 0.29) is 5.41 Å². The van der Waals surface area contributed by atoms with E-state index in [1.807, 2.05) is 0 Å². The van der Waals surface area contributed by atoms with E-state index in [0.717, 1.165) is 39.4 Å². The van der Waals surface area contributed by atoms with E-state index >= 15 is 0 Å². The highest BCUT2D eigenvalue weighted by molar-refractivity contribution is 8.48. The highest BCUT2D eigenvalue weighted by Gasteiger charge is 2.53. The topological polar surface area (TPSA) is 24.9 Å². The lowest BCUT2D eigenvalue weighted by Crippen LogP contribution is -2.45. The quantitative estimate of drug-likeness (QED) is 0.578. The van der Waals surface area contributed by atoms with Crippen LogP contribution in [0.15, 0.2) is 0 Å². The van der Waals surface area contributed by atoms with Crippen LogP contribution in [0.5, 0.6) is 0 Å². The molecule has 2 aliphatic heterocycles. The third-order valence-corrected chi connectivity index (χ3v) is 6.58. The largest absolute Gasteiger partial charge is 0.412 e. The summed E-state index contributed by atoms with van der Waals surface area (Å²) >= 11 is 4.67. The maximum Gasteiger partial charge on any atom is 0.412 e. The van der Waals surface area contributed by atoms with Crippen molar-refractivity contribution < 1.29 is 9.05 Å². The van der Waals surface area contributed by atoms with Crippen LogP contribution in [-0.2, 0) is 9.05 Å². The number of rotatable bonds is 1. The van der Waals surface area contributed by atoms with E-state index in [1.165, 1.54) is 0 Å². The molecule has 0 bridgehead atoms. The smallest absolute Gasteiger partial charge is 0.304 e. The molecule has 4 nitrogen and oxygen atoms in total. The van der Waals surface area contributed by atoms with Crippen LogP contribution in [0.2, 0.25) is 0 Å². The van der Waals surface area contributed by atoms with Crippen LogP contribution in [-0.4, -0.2) is 56.0 Å². The molecule has 0 radical (unpaired) electrons. The summed E-state index contributed by atoms with van der Waals surface area (Å²) in [6.45, 7) is 9.94. The summed E-state index contributed by atoms with van der Waals surface area (Å²) < 4.78 is 14.1. The van der Waals surface area contributed by atoms with E-state index < -0.39 is 7.07 Å². The van der Waals surface area contributed by atoms with Crippen molar-refractivity contribution >= 4 is 19.3 Å². The van der Waals surface area contributed by atoms with Gasteiger partial charge >= 0.3 is 7.07 Å². The summed E-state index contributed by atoms with van der Waals surface area (Å²) in [6.07, 6.45) is 0. The summed E-state index contributed by atoms with van der Waals surface area (Å²) in [5.41, 5.74) is 0.124. The van der Waals surface area contributed by atoms with Gasteiger partial charge in [-0.25, -0.2) is 0 Å². The Labute approximate surface area is 104 Å². The second kappa shape index (κ2) is 4.71. The van der Waals surface area contributed by atoms with Crippen molar-refractivity contribution in [2.24, 2.45) is 5.41 Å². The third-order valence-electron chi connectivity index (χ3n) is 3.08. The lowest BCUT2D eigenvalue weighted by Gasteiger charge is -2.39. The Morgan fingerprint density at radius 3 is 2.06 bits per heavy atom. The molecule has 0 saturated carbocycles. The van der Waals surface area contributed by atoms with Crippen molar-refractivity contribution in [2.45, 2.75) is 13.8 Å². The first-order valence-electron chi connectivity index (χ1n) is 5.76. The second-order valence-electron chi connectivity index (χ2n) is 5.46. The zero-order valence-corrected chi connectivity index (χ0v) is 12.1. The van der Waals surface area contributed by atoms with Gasteiger partial charge in [0.25, 0.3) is 0 Å². The molecule has 2 saturated heterocycles. The van der Waals surface area contributed by atoms with Crippen molar-refractivity contribution in [3.05, 3.63) is 0 Å². The Morgan fingerprint density at radius 1 is 1.06 bits per heavy atom. The Hall–Kier alpha value is 0.620. The zero-order valence-electron chi connectivity index (χ0n) is 10.3. The SMILES string of the molecule is CN1CCN([P+]2(S)OCC(C)(C)CO2)CC1. The molecule has 2 aliphatic rings. The molecule has 0 aromatic carbocycles. The second-order valence-corrected chi connectivity index (χ2v) is 9.04. The molecule has 0 atom stereocenters. The molecule has 0 aromatic heterocycles. The molecule has 2 rings (SSSR count). The molecule has 2 heterocycles. The van der Waals surface area contributed by atoms with Crippen molar-refractivity contribution in [1.82, 2.24) is 9.57 Å². The molecule has 2 fully saturated rings. The minimum absolute atomic E-state index is 0.124. The lowest BCUT2D eigenvalue weighted by atomic mass is 9.97. The maximum atomic E-state index is 5.92. The highest BCUT2D eigenvalue weighted by Crippen LogP contribution is 2.71. The van der Waals surface area contributed by atoms with E-state index in [4.69, 9.17) is 9.05 Å². The normalized spacial score (nSPS) is 31.5. The van der Waals surface area contributed by atoms with Crippen molar-refractivity contribution in [1.29, 1.82) is 0 Å². The summed E-state index contributed by atoms with van der Waals surface area (Å²) in [5.74, 6) is 0. The fraction of sp³-hybridized carbons (Fsp3) is 1.00. The molecule has 0 N–H and O–H groups in total. The van der Waals surface area contributed by atoms with Gasteiger partial charge in [0.1, 0.15) is 13.2 Å². The number of nitrogens with zero attached hydrogens (tertiary/aromatic N) is 2. The first-order chi connectivity index (χ1) is 7.41. The molecule has 0 spiro atoms. The van der Waals surface area contributed by atoms with Gasteiger partial charge in [0.2, 0.25) is 0 Å². The molecule has 16 heavy (non-hydrogen) atoms. The van der Waals surface area contributed by atoms with Gasteiger partial charge in [-0.1, -0.05) is 13.8 Å². The van der Waals surface area contributed by atoms with Crippen LogP contribution >= 0.6 is 19.3 Å². The highest BCUT2D eigenvalue weighted by atomic mass is 32.7. The van der Waals surface area contributed by atoms with E-state index in [0.29, 0.717) is 0 Å². The minimum Gasteiger partial charge on any atom is -0.304 e. The van der Waals surface area contributed by atoms with Gasteiger partial charge in [-0.2, -0.15) is 9.05 Å². The number of piperazine rings is 1. The Kier molecular flexibility index (Phi) is 3.85. The van der Waals surface area contributed by atoms with Gasteiger partial charge in [-0.05, 0) is 7.05 Å². The zero-order chi connectivity index (χ0) is 11.8. The van der Waals surface area contributed by atoms with Crippen LogP contribution in [0.4, 0.5) is 0 Å². The first-order valence-corrected chi connectivity index (χ1v) is 8.49. The Balaban J connectivity index is 1.93. The van der Waals surface area contributed by atoms with Crippen molar-refractivity contribution in [3.63, 3.8) is 0 Å². The summed E-state index contributed by atoms with van der Waals surface area (Å²) in [4.78, 5) is 2.32. The van der Waals surface area contributed by atoms with Crippen LogP contribution in [0.1, 0.15) is 13.8 Å². The predicted molar refractivity (Wildman–Crippen MR) is 70.7 cm³/mol. The van der Waals surface area contributed by atoms with Crippen molar-refractivity contribution in [3.8, 4) is 0 Å². The Morgan fingerprint density at radius 2 is 1.56 bits per heavy atom. The number of hydrogen-bond donors (Lipinski definition) is 1. The monoisotopic (exact) mass is 265 g/mol. The lowest BCUT2D eigenvalue weighted by molar-refractivity contribution is 0.0357. The molecule has 0 aromatic rings. The average molecular weight is 265 g/mol. The summed E-state index contributed by atoms with van der Waals surface area (Å²) in [7, 11) is 0.101. The molecule has 6 heteroatoms. The van der Waals surface area contributed by atoms with Gasteiger partial charge in [-0.3, -0.25) is 0 Å². The Bertz CT molecular complexity index is 247. The van der Waals surface area contributed by atoms with Gasteiger partial charge in [0.05, 0.1) is 25.3 Å². The van der Waals surface area contributed by atoms with Crippen LogP contribution in [0.25, 0.3) is 0 Å². The minimum atomic E-state index is -2.04. The summed E-state index contributed by atoms with van der Waals surface area (Å²) in [6, 6.07) is 0. The fourth-order valence-electron chi connectivity index (χ4n) is 1.81. The third kappa shape index (κ3) is 2.89. The standard InChI is InChI=1S/C10H22N2O2PS/c1-10(2)8-13-15(16,14-9-10)12-6-4-11(3)5-7-12/h16H,4-9H2,1-3H3/q+1. The fourth-order valence-corrected chi connectivity index (χ4v) is 4.81. The van der Waals surface area contributed by atoms with Crippen LogP contribution < -0.4 is 0 Å². The molecule has 0 aliphatic carbocycles. The number of hydrogen-bond acceptors (Lipinski definition) is 5. The molecule has 94 valence electrons. The molecular weight excluding hydrogens is 243 g/mol. The van der Waals surface area contributed by atoms with Gasteiger partial charge in [0, 0.05) is 18.5 Å². The molecular formula is C10H22N2O2PS+. The van der Waals surface area contributed by atoms with Gasteiger partial charge in [0.15, 0.2) is 0 Å². The van der Waals surface area contributed by atoms with Crippen LogP contribution in [0, 0.1) is 5.41 Å². The average Bonchev–Trinajstić information content (AvgIpc) is 2.24. The van der Waals surface area contributed by atoms with Gasteiger partial charge in [-0.15, -0.1) is 4.67 Å². The van der Waals surface area contributed by atoms with E-state index in [2.05, 4.69) is 42.7 Å². The van der Waals surface area contributed by atoms with Gasteiger partial charge < -0.3 is 4.90 Å². The molecule has 0 unspecified atom stereocenters. The van der Waals surface area contributed by atoms with Crippen molar-refractivity contribution in [2.75, 3.05) is 46.4 Å². The van der Waals surface area contributed by atoms with Crippen LogP contribution in [0.3, 0.4) is 0 Å². The number of likely N-dealkylation sites (N-methyl/N-ethyl adjacent to an activating group) is 1.